The number of aliphatic hydroxyl groups is 1. The van der Waals surface area contributed by atoms with Crippen molar-refractivity contribution in [2.75, 3.05) is 6.54 Å². The number of nitrogens with zero attached hydrogens (tertiary/aromatic N) is 2. The van der Waals surface area contributed by atoms with Crippen LogP contribution in [0.5, 0.6) is 0 Å². The van der Waals surface area contributed by atoms with Crippen molar-refractivity contribution in [2.24, 2.45) is 5.92 Å². The van der Waals surface area contributed by atoms with Gasteiger partial charge in [-0.1, -0.05) is 31.8 Å². The van der Waals surface area contributed by atoms with Gasteiger partial charge in [-0.25, -0.2) is 0 Å². The van der Waals surface area contributed by atoms with Gasteiger partial charge in [0.1, 0.15) is 0 Å². The number of carbonyl (C=O) groups is 1. The summed E-state index contributed by atoms with van der Waals surface area (Å²) in [5.74, 6) is 0.115. The number of rotatable bonds is 6. The minimum absolute atomic E-state index is 0.000697. The molecule has 1 atom stereocenters. The largest absolute Gasteiger partial charge is 0.391 e. The fourth-order valence-corrected chi connectivity index (χ4v) is 1.67. The van der Waals surface area contributed by atoms with Crippen molar-refractivity contribution >= 4 is 5.91 Å². The van der Waals surface area contributed by atoms with Crippen molar-refractivity contribution < 1.29 is 14.4 Å². The number of carbonyl (C=O) groups excluding carboxylic acids is 1. The zero-order valence-corrected chi connectivity index (χ0v) is 10.4. The van der Waals surface area contributed by atoms with E-state index >= 15 is 0 Å². The smallest absolute Gasteiger partial charge is 0.292 e. The summed E-state index contributed by atoms with van der Waals surface area (Å²) < 4.78 is 4.70. The van der Waals surface area contributed by atoms with Gasteiger partial charge in [0.25, 0.3) is 11.7 Å². The molecule has 0 aliphatic heterocycles. The molecule has 0 spiro atoms. The van der Waals surface area contributed by atoms with Gasteiger partial charge in [-0.2, -0.15) is 4.98 Å². The van der Waals surface area contributed by atoms with Crippen LogP contribution in [0.3, 0.4) is 0 Å². The maximum Gasteiger partial charge on any atom is 0.292 e. The standard InChI is InChI=1S/C11H19N3O3/c1-4-8(5-2)9(15)6-12-11(16)10-13-7(3)17-14-10/h8-9,15H,4-6H2,1-3H3,(H,12,16). The first-order chi connectivity index (χ1) is 8.08. The van der Waals surface area contributed by atoms with E-state index in [1.807, 2.05) is 13.8 Å². The molecule has 1 aromatic heterocycles. The van der Waals surface area contributed by atoms with E-state index in [1.54, 1.807) is 6.92 Å². The minimum atomic E-state index is -0.540. The molecule has 1 aromatic rings. The topological polar surface area (TPSA) is 88.2 Å². The van der Waals surface area contributed by atoms with Crippen LogP contribution >= 0.6 is 0 Å². The lowest BCUT2D eigenvalue weighted by Crippen LogP contribution is -2.36. The highest BCUT2D eigenvalue weighted by Gasteiger charge is 2.18. The van der Waals surface area contributed by atoms with Gasteiger partial charge in [0.15, 0.2) is 0 Å². The lowest BCUT2D eigenvalue weighted by Gasteiger charge is -2.19. The van der Waals surface area contributed by atoms with Gasteiger partial charge >= 0.3 is 0 Å². The molecule has 0 fully saturated rings. The van der Waals surface area contributed by atoms with Crippen molar-refractivity contribution in [1.82, 2.24) is 15.5 Å². The van der Waals surface area contributed by atoms with Crippen LogP contribution in [0, 0.1) is 12.8 Å². The third-order valence-corrected chi connectivity index (χ3v) is 2.80. The summed E-state index contributed by atoms with van der Waals surface area (Å²) in [4.78, 5) is 15.4. The van der Waals surface area contributed by atoms with Gasteiger partial charge in [-0.15, -0.1) is 0 Å². The summed E-state index contributed by atoms with van der Waals surface area (Å²) in [7, 11) is 0. The minimum Gasteiger partial charge on any atom is -0.391 e. The Morgan fingerprint density at radius 1 is 1.47 bits per heavy atom. The van der Waals surface area contributed by atoms with Gasteiger partial charge in [0.05, 0.1) is 6.10 Å². The first kappa shape index (κ1) is 13.6. The highest BCUT2D eigenvalue weighted by molar-refractivity contribution is 5.90. The fourth-order valence-electron chi connectivity index (χ4n) is 1.67. The zero-order chi connectivity index (χ0) is 12.8. The molecular weight excluding hydrogens is 222 g/mol. The first-order valence-corrected chi connectivity index (χ1v) is 5.85. The summed E-state index contributed by atoms with van der Waals surface area (Å²) >= 11 is 0. The first-order valence-electron chi connectivity index (χ1n) is 5.85. The monoisotopic (exact) mass is 241 g/mol. The predicted octanol–water partition coefficient (Wildman–Crippen LogP) is 0.905. The Balaban J connectivity index is 2.43. The third-order valence-electron chi connectivity index (χ3n) is 2.80. The molecule has 6 heteroatoms. The molecule has 1 heterocycles. The highest BCUT2D eigenvalue weighted by Crippen LogP contribution is 2.12. The normalized spacial score (nSPS) is 12.8. The summed E-state index contributed by atoms with van der Waals surface area (Å²) in [5, 5.41) is 15.9. The van der Waals surface area contributed by atoms with Crippen LogP contribution in [-0.2, 0) is 0 Å². The van der Waals surface area contributed by atoms with Gasteiger partial charge in [0.2, 0.25) is 5.89 Å². The van der Waals surface area contributed by atoms with Gasteiger partial charge in [0, 0.05) is 13.5 Å². The molecule has 0 saturated heterocycles. The zero-order valence-electron chi connectivity index (χ0n) is 10.4. The Labute approximate surface area is 100 Å². The van der Waals surface area contributed by atoms with E-state index in [-0.39, 0.29) is 18.3 Å². The second-order valence-corrected chi connectivity index (χ2v) is 3.99. The fraction of sp³-hybridized carbons (Fsp3) is 0.727. The van der Waals surface area contributed by atoms with Crippen molar-refractivity contribution in [2.45, 2.75) is 39.7 Å². The molecule has 17 heavy (non-hydrogen) atoms. The number of hydrogen-bond acceptors (Lipinski definition) is 5. The molecule has 0 aromatic carbocycles. The second kappa shape index (κ2) is 6.34. The van der Waals surface area contributed by atoms with Crippen molar-refractivity contribution in [1.29, 1.82) is 0 Å². The third kappa shape index (κ3) is 3.81. The molecule has 0 radical (unpaired) electrons. The molecule has 6 nitrogen and oxygen atoms in total. The van der Waals surface area contributed by atoms with Crippen LogP contribution < -0.4 is 5.32 Å². The lowest BCUT2D eigenvalue weighted by molar-refractivity contribution is 0.0807. The average Bonchev–Trinajstić information content (AvgIpc) is 2.74. The van der Waals surface area contributed by atoms with E-state index in [1.165, 1.54) is 0 Å². The summed E-state index contributed by atoms with van der Waals surface area (Å²) in [6, 6.07) is 0. The summed E-state index contributed by atoms with van der Waals surface area (Å²) in [5.41, 5.74) is 0. The van der Waals surface area contributed by atoms with E-state index in [0.717, 1.165) is 12.8 Å². The van der Waals surface area contributed by atoms with Crippen molar-refractivity contribution in [3.8, 4) is 0 Å². The molecule has 96 valence electrons. The Morgan fingerprint density at radius 2 is 2.12 bits per heavy atom. The Hall–Kier alpha value is -1.43. The SMILES string of the molecule is CCC(CC)C(O)CNC(=O)c1noc(C)n1. The van der Waals surface area contributed by atoms with Crippen LogP contribution in [0.15, 0.2) is 4.52 Å². The number of amides is 1. The maximum absolute atomic E-state index is 11.6. The summed E-state index contributed by atoms with van der Waals surface area (Å²) in [6.07, 6.45) is 1.23. The quantitative estimate of drug-likeness (QED) is 0.772. The average molecular weight is 241 g/mol. The Morgan fingerprint density at radius 3 is 2.59 bits per heavy atom. The highest BCUT2D eigenvalue weighted by atomic mass is 16.5. The number of hydrogen-bond donors (Lipinski definition) is 2. The molecule has 0 aliphatic rings. The number of aromatic nitrogens is 2. The van der Waals surface area contributed by atoms with Crippen LogP contribution in [0.4, 0.5) is 0 Å². The van der Waals surface area contributed by atoms with E-state index in [4.69, 9.17) is 4.52 Å². The number of aliphatic hydroxyl groups excluding tert-OH is 1. The molecule has 1 rings (SSSR count). The van der Waals surface area contributed by atoms with E-state index in [2.05, 4.69) is 15.5 Å². The van der Waals surface area contributed by atoms with Gasteiger partial charge in [-0.05, 0) is 5.92 Å². The van der Waals surface area contributed by atoms with Gasteiger partial charge < -0.3 is 14.9 Å². The maximum atomic E-state index is 11.6. The Kier molecular flexibility index (Phi) is 5.09. The van der Waals surface area contributed by atoms with Crippen molar-refractivity contribution in [3.05, 3.63) is 11.7 Å². The van der Waals surface area contributed by atoms with E-state index in [0.29, 0.717) is 5.89 Å². The van der Waals surface area contributed by atoms with Crippen LogP contribution in [-0.4, -0.2) is 33.8 Å². The lowest BCUT2D eigenvalue weighted by atomic mass is 9.96. The molecular formula is C11H19N3O3. The van der Waals surface area contributed by atoms with Gasteiger partial charge in [-0.3, -0.25) is 4.79 Å². The molecule has 2 N–H and O–H groups in total. The molecule has 1 amide bonds. The molecule has 0 saturated carbocycles. The molecule has 1 unspecified atom stereocenters. The van der Waals surface area contributed by atoms with Crippen LogP contribution in [0.1, 0.15) is 43.2 Å². The second-order valence-electron chi connectivity index (χ2n) is 3.99. The van der Waals surface area contributed by atoms with Crippen LogP contribution in [0.25, 0.3) is 0 Å². The molecule has 0 aliphatic carbocycles. The van der Waals surface area contributed by atoms with Crippen LogP contribution in [0.2, 0.25) is 0 Å². The predicted molar refractivity (Wildman–Crippen MR) is 61.4 cm³/mol. The summed E-state index contributed by atoms with van der Waals surface area (Å²) in [6.45, 7) is 5.85. The Bertz CT molecular complexity index is 361. The van der Waals surface area contributed by atoms with E-state index in [9.17, 15) is 9.90 Å². The molecule has 0 bridgehead atoms. The van der Waals surface area contributed by atoms with E-state index < -0.39 is 12.0 Å². The number of nitrogens with one attached hydrogen (secondary N) is 1. The number of aryl methyl sites for hydroxylation is 1. The van der Waals surface area contributed by atoms with Crippen molar-refractivity contribution in [3.63, 3.8) is 0 Å².